The highest BCUT2D eigenvalue weighted by atomic mass is 79.9. The Morgan fingerprint density at radius 2 is 2.22 bits per heavy atom. The Kier molecular flexibility index (Phi) is 6.25. The van der Waals surface area contributed by atoms with Crippen LogP contribution in [0.3, 0.4) is 0 Å². The highest BCUT2D eigenvalue weighted by Gasteiger charge is 2.43. The van der Waals surface area contributed by atoms with E-state index in [-0.39, 0.29) is 18.3 Å². The van der Waals surface area contributed by atoms with E-state index in [1.165, 1.54) is 4.88 Å². The lowest BCUT2D eigenvalue weighted by Gasteiger charge is -2.39. The maximum Gasteiger partial charge on any atom is 0.250 e. The molecule has 0 atom stereocenters. The van der Waals surface area contributed by atoms with E-state index in [0.29, 0.717) is 6.54 Å². The molecule has 8 heteroatoms. The van der Waals surface area contributed by atoms with Gasteiger partial charge >= 0.3 is 0 Å². The van der Waals surface area contributed by atoms with Crippen LogP contribution in [0, 0.1) is 0 Å². The molecule has 5 nitrogen and oxygen atoms in total. The summed E-state index contributed by atoms with van der Waals surface area (Å²) >= 11 is 5.13. The lowest BCUT2D eigenvalue weighted by Crippen LogP contribution is -2.54. The number of hydrogen-bond acceptors (Lipinski definition) is 4. The van der Waals surface area contributed by atoms with Gasteiger partial charge in [-0.15, -0.1) is 23.7 Å². The monoisotopic (exact) mass is 418 g/mol. The third-order valence-electron chi connectivity index (χ3n) is 4.14. The zero-order valence-electron chi connectivity index (χ0n) is 12.9. The highest BCUT2D eigenvalue weighted by molar-refractivity contribution is 9.11. The summed E-state index contributed by atoms with van der Waals surface area (Å²) in [5, 5.41) is 7.70. The van der Waals surface area contributed by atoms with Crippen LogP contribution in [0.2, 0.25) is 0 Å². The van der Waals surface area contributed by atoms with Gasteiger partial charge in [-0.3, -0.25) is 9.48 Å². The molecule has 1 aliphatic heterocycles. The average molecular weight is 420 g/mol. The van der Waals surface area contributed by atoms with Crippen LogP contribution in [0.4, 0.5) is 0 Å². The number of aromatic nitrogens is 2. The molecule has 0 radical (unpaired) electrons. The minimum absolute atomic E-state index is 0. The molecule has 3 heterocycles. The van der Waals surface area contributed by atoms with Crippen molar-refractivity contribution < 1.29 is 4.79 Å². The van der Waals surface area contributed by atoms with Crippen molar-refractivity contribution in [3.63, 3.8) is 0 Å². The zero-order valence-corrected chi connectivity index (χ0v) is 16.1. The summed E-state index contributed by atoms with van der Waals surface area (Å²) in [4.78, 5) is 16.2. The fourth-order valence-corrected chi connectivity index (χ4v) is 4.54. The SMILES string of the molecule is CN(Cc1ccc(Br)s1)C(=O)C1(n2cccn2)CCNCC1.Cl. The second-order valence-corrected chi connectivity index (χ2v) is 8.15. The van der Waals surface area contributed by atoms with Crippen molar-refractivity contribution in [3.8, 4) is 0 Å². The standard InChI is InChI=1S/C15H19BrN4OS.ClH/c1-19(11-12-3-4-13(16)22-12)14(21)15(5-8-17-9-6-15)20-10-2-7-18-20;/h2-4,7,10,17H,5-6,8-9,11H2,1H3;1H. The lowest BCUT2D eigenvalue weighted by molar-refractivity contribution is -0.142. The van der Waals surface area contributed by atoms with Crippen LogP contribution in [0.15, 0.2) is 34.4 Å². The Hall–Kier alpha value is -0.890. The molecule has 2 aromatic rings. The fraction of sp³-hybridized carbons (Fsp3) is 0.467. The largest absolute Gasteiger partial charge is 0.339 e. The van der Waals surface area contributed by atoms with Gasteiger partial charge in [0.15, 0.2) is 0 Å². The number of nitrogens with zero attached hydrogens (tertiary/aromatic N) is 3. The lowest BCUT2D eigenvalue weighted by atomic mass is 9.87. The Balaban J connectivity index is 0.00000192. The zero-order chi connectivity index (χ0) is 15.6. The number of halogens is 2. The first-order valence-electron chi connectivity index (χ1n) is 7.32. The van der Waals surface area contributed by atoms with Crippen molar-refractivity contribution in [3.05, 3.63) is 39.3 Å². The molecular weight excluding hydrogens is 400 g/mol. The summed E-state index contributed by atoms with van der Waals surface area (Å²) in [6, 6.07) is 5.96. The fourth-order valence-electron chi connectivity index (χ4n) is 3.00. The molecule has 1 N–H and O–H groups in total. The molecule has 0 saturated carbocycles. The van der Waals surface area contributed by atoms with Crippen LogP contribution in [0.5, 0.6) is 0 Å². The normalized spacial score (nSPS) is 16.6. The number of piperidine rings is 1. The minimum Gasteiger partial charge on any atom is -0.339 e. The van der Waals surface area contributed by atoms with E-state index in [1.807, 2.05) is 35.0 Å². The predicted molar refractivity (Wildman–Crippen MR) is 98.0 cm³/mol. The Morgan fingerprint density at radius 1 is 1.48 bits per heavy atom. The number of nitrogens with one attached hydrogen (secondary N) is 1. The second kappa shape index (κ2) is 7.79. The second-order valence-electron chi connectivity index (χ2n) is 5.60. The number of hydrogen-bond donors (Lipinski definition) is 1. The van der Waals surface area contributed by atoms with Crippen LogP contribution in [-0.4, -0.2) is 40.7 Å². The van der Waals surface area contributed by atoms with Gasteiger partial charge in [0, 0.05) is 24.3 Å². The first-order chi connectivity index (χ1) is 10.6. The van der Waals surface area contributed by atoms with E-state index < -0.39 is 5.54 Å². The van der Waals surface area contributed by atoms with Crippen LogP contribution in [0.25, 0.3) is 0 Å². The van der Waals surface area contributed by atoms with Gasteiger partial charge < -0.3 is 10.2 Å². The molecule has 2 aromatic heterocycles. The van der Waals surface area contributed by atoms with Gasteiger partial charge in [-0.25, -0.2) is 0 Å². The third kappa shape index (κ3) is 3.79. The van der Waals surface area contributed by atoms with Crippen LogP contribution >= 0.6 is 39.7 Å². The smallest absolute Gasteiger partial charge is 0.250 e. The summed E-state index contributed by atoms with van der Waals surface area (Å²) in [5.74, 6) is 0.141. The maximum absolute atomic E-state index is 13.2. The van der Waals surface area contributed by atoms with Gasteiger partial charge in [0.1, 0.15) is 5.54 Å². The molecule has 0 bridgehead atoms. The molecular formula is C15H20BrClN4OS. The van der Waals surface area contributed by atoms with Crippen molar-refractivity contribution in [2.24, 2.45) is 0 Å². The van der Waals surface area contributed by atoms with Gasteiger partial charge in [0.25, 0.3) is 5.91 Å². The molecule has 126 valence electrons. The van der Waals surface area contributed by atoms with Gasteiger partial charge in [-0.1, -0.05) is 0 Å². The molecule has 0 unspecified atom stereocenters. The summed E-state index contributed by atoms with van der Waals surface area (Å²) < 4.78 is 2.93. The van der Waals surface area contributed by atoms with E-state index >= 15 is 0 Å². The first-order valence-corrected chi connectivity index (χ1v) is 8.93. The molecule has 1 saturated heterocycles. The molecule has 0 aromatic carbocycles. The number of carbonyl (C=O) groups excluding carboxylic acids is 1. The van der Waals surface area contributed by atoms with E-state index in [9.17, 15) is 4.79 Å². The van der Waals surface area contributed by atoms with Crippen LogP contribution in [-0.2, 0) is 16.9 Å². The summed E-state index contributed by atoms with van der Waals surface area (Å²) in [7, 11) is 1.88. The molecule has 0 aliphatic carbocycles. The minimum atomic E-state index is -0.558. The van der Waals surface area contributed by atoms with E-state index in [0.717, 1.165) is 29.7 Å². The number of amides is 1. The van der Waals surface area contributed by atoms with E-state index in [1.54, 1.807) is 17.5 Å². The summed E-state index contributed by atoms with van der Waals surface area (Å²) in [5.41, 5.74) is -0.558. The van der Waals surface area contributed by atoms with E-state index in [2.05, 4.69) is 32.4 Å². The molecule has 1 amide bonds. The van der Waals surface area contributed by atoms with Gasteiger partial charge in [-0.2, -0.15) is 5.10 Å². The number of carbonyl (C=O) groups is 1. The van der Waals surface area contributed by atoms with Crippen LogP contribution in [0.1, 0.15) is 17.7 Å². The Labute approximate surface area is 154 Å². The summed E-state index contributed by atoms with van der Waals surface area (Å²) in [6.45, 7) is 2.31. The van der Waals surface area contributed by atoms with Crippen molar-refractivity contribution >= 4 is 45.6 Å². The van der Waals surface area contributed by atoms with Gasteiger partial charge in [0.05, 0.1) is 10.3 Å². The molecule has 3 rings (SSSR count). The third-order valence-corrected chi connectivity index (χ3v) is 5.75. The van der Waals surface area contributed by atoms with Gasteiger partial charge in [0.2, 0.25) is 0 Å². The predicted octanol–water partition coefficient (Wildman–Crippen LogP) is 2.87. The maximum atomic E-state index is 13.2. The highest BCUT2D eigenvalue weighted by Crippen LogP contribution is 2.30. The number of rotatable bonds is 4. The van der Waals surface area contributed by atoms with Crippen LogP contribution < -0.4 is 5.32 Å². The molecule has 1 fully saturated rings. The van der Waals surface area contributed by atoms with Crippen molar-refractivity contribution in [1.29, 1.82) is 0 Å². The summed E-state index contributed by atoms with van der Waals surface area (Å²) in [6.07, 6.45) is 5.18. The van der Waals surface area contributed by atoms with E-state index in [4.69, 9.17) is 0 Å². The Morgan fingerprint density at radius 3 is 2.78 bits per heavy atom. The molecule has 1 aliphatic rings. The van der Waals surface area contributed by atoms with Gasteiger partial charge in [-0.05, 0) is 60.1 Å². The molecule has 23 heavy (non-hydrogen) atoms. The topological polar surface area (TPSA) is 50.2 Å². The number of likely N-dealkylation sites (N-methyl/N-ethyl adjacent to an activating group) is 1. The first kappa shape index (κ1) is 18.4. The molecule has 0 spiro atoms. The van der Waals surface area contributed by atoms with Crippen molar-refractivity contribution in [2.75, 3.05) is 20.1 Å². The van der Waals surface area contributed by atoms with Crippen molar-refractivity contribution in [1.82, 2.24) is 20.0 Å². The van der Waals surface area contributed by atoms with Crippen molar-refractivity contribution in [2.45, 2.75) is 24.9 Å². The average Bonchev–Trinajstić information content (AvgIpc) is 3.19. The quantitative estimate of drug-likeness (QED) is 0.829. The Bertz CT molecular complexity index is 640. The number of thiophene rings is 1.